The first-order valence-electron chi connectivity index (χ1n) is 11.1. The summed E-state index contributed by atoms with van der Waals surface area (Å²) >= 11 is 5.94. The van der Waals surface area contributed by atoms with Crippen LogP contribution in [0, 0.1) is 0 Å². The lowest BCUT2D eigenvalue weighted by atomic mass is 10.1. The monoisotopic (exact) mass is 454 g/mol. The largest absolute Gasteiger partial charge is 0.354 e. The second-order valence-electron chi connectivity index (χ2n) is 7.26. The predicted molar refractivity (Wildman–Crippen MR) is 117 cm³/mol. The van der Waals surface area contributed by atoms with Gasteiger partial charge >= 0.3 is 0 Å². The van der Waals surface area contributed by atoms with Crippen molar-refractivity contribution in [2.45, 2.75) is 30.6 Å². The molecule has 1 aliphatic heterocycles. The molecule has 2 aromatic rings. The second kappa shape index (κ2) is 9.72. The molecule has 1 aromatic heterocycles. The fourth-order valence-electron chi connectivity index (χ4n) is 3.46. The molecule has 0 bridgehead atoms. The summed E-state index contributed by atoms with van der Waals surface area (Å²) in [5.74, 6) is -0.996. The molecule has 1 fully saturated rings. The number of anilines is 2. The molecule has 1 aromatic carbocycles. The Hall–Kier alpha value is -2.23. The summed E-state index contributed by atoms with van der Waals surface area (Å²) in [4.78, 5) is 14.8. The molecule has 1 aliphatic rings. The third-order valence-corrected chi connectivity index (χ3v) is 6.31. The first-order valence-corrected chi connectivity index (χ1v) is 11.9. The smallest absolute Gasteiger partial charge is 0.273 e. The van der Waals surface area contributed by atoms with E-state index in [0.29, 0.717) is 0 Å². The molecule has 162 valence electrons. The average Bonchev–Trinajstić information content (AvgIpc) is 2.71. The maximum Gasteiger partial charge on any atom is 0.273 e. The Balaban J connectivity index is 1.92. The van der Waals surface area contributed by atoms with Gasteiger partial charge in [0, 0.05) is 30.0 Å². The number of sulfone groups is 1. The highest BCUT2D eigenvalue weighted by Crippen LogP contribution is 2.29. The van der Waals surface area contributed by atoms with Crippen molar-refractivity contribution in [3.63, 3.8) is 0 Å². The van der Waals surface area contributed by atoms with Crippen molar-refractivity contribution in [2.75, 3.05) is 38.2 Å². The van der Waals surface area contributed by atoms with Crippen LogP contribution in [-0.2, 0) is 16.3 Å². The van der Waals surface area contributed by atoms with Gasteiger partial charge in [-0.15, -0.1) is 10.2 Å². The van der Waals surface area contributed by atoms with E-state index < -0.39 is 22.7 Å². The highest BCUT2D eigenvalue weighted by Gasteiger charge is 2.19. The number of halogens is 1. The van der Waals surface area contributed by atoms with Gasteiger partial charge in [-0.3, -0.25) is 4.79 Å². The number of aromatic nitrogens is 2. The number of rotatable bonds is 7. The SMILES string of the molecule is [2H]C([2H])([2H])NC(=O)c1nnc(Cl)cc1Nc1cc(CCN2CCCCC2)ccc1S(C)(=O)=O. The summed E-state index contributed by atoms with van der Waals surface area (Å²) in [7, 11) is -3.61. The summed E-state index contributed by atoms with van der Waals surface area (Å²) in [5, 5.41) is 12.0. The van der Waals surface area contributed by atoms with Gasteiger partial charge in [0.1, 0.15) is 0 Å². The van der Waals surface area contributed by atoms with E-state index in [1.807, 2.05) is 5.32 Å². The molecule has 0 atom stereocenters. The van der Waals surface area contributed by atoms with Crippen LogP contribution in [0.3, 0.4) is 0 Å². The molecular formula is C20H26ClN5O3S. The minimum absolute atomic E-state index is 0.0272. The zero-order valence-electron chi connectivity index (χ0n) is 19.6. The van der Waals surface area contributed by atoms with Crippen molar-refractivity contribution in [3.05, 3.63) is 40.7 Å². The van der Waals surface area contributed by atoms with Gasteiger partial charge in [0.15, 0.2) is 20.7 Å². The molecular weight excluding hydrogens is 426 g/mol. The second-order valence-corrected chi connectivity index (χ2v) is 9.63. The van der Waals surface area contributed by atoms with Crippen LogP contribution in [0.15, 0.2) is 29.2 Å². The minimum Gasteiger partial charge on any atom is -0.354 e. The molecule has 3 rings (SSSR count). The molecule has 2 N–H and O–H groups in total. The number of amides is 1. The van der Waals surface area contributed by atoms with E-state index in [0.717, 1.165) is 37.9 Å². The fourth-order valence-corrected chi connectivity index (χ4v) is 4.43. The van der Waals surface area contributed by atoms with Gasteiger partial charge in [-0.2, -0.15) is 0 Å². The minimum atomic E-state index is -3.61. The van der Waals surface area contributed by atoms with Crippen molar-refractivity contribution in [1.29, 1.82) is 0 Å². The zero-order valence-corrected chi connectivity index (χ0v) is 18.2. The Bertz CT molecular complexity index is 1120. The lowest BCUT2D eigenvalue weighted by Gasteiger charge is -2.26. The summed E-state index contributed by atoms with van der Waals surface area (Å²) in [5.41, 5.74) is 0.862. The average molecular weight is 455 g/mol. The van der Waals surface area contributed by atoms with Crippen LogP contribution in [-0.4, -0.2) is 62.3 Å². The highest BCUT2D eigenvalue weighted by molar-refractivity contribution is 7.90. The van der Waals surface area contributed by atoms with E-state index in [-0.39, 0.29) is 27.1 Å². The molecule has 0 spiro atoms. The van der Waals surface area contributed by atoms with E-state index in [4.69, 9.17) is 15.7 Å². The summed E-state index contributed by atoms with van der Waals surface area (Å²) in [6.45, 7) is 0.222. The summed E-state index contributed by atoms with van der Waals surface area (Å²) in [6.07, 6.45) is 5.41. The van der Waals surface area contributed by atoms with Crippen LogP contribution in [0.1, 0.15) is 39.4 Å². The Morgan fingerprint density at radius 2 is 1.97 bits per heavy atom. The van der Waals surface area contributed by atoms with Crippen molar-refractivity contribution in [2.24, 2.45) is 0 Å². The van der Waals surface area contributed by atoms with Crippen LogP contribution in [0.25, 0.3) is 0 Å². The van der Waals surface area contributed by atoms with Crippen molar-refractivity contribution in [1.82, 2.24) is 20.4 Å². The number of hydrogen-bond donors (Lipinski definition) is 2. The Labute approximate surface area is 186 Å². The van der Waals surface area contributed by atoms with E-state index in [1.165, 1.54) is 31.4 Å². The quantitative estimate of drug-likeness (QED) is 0.662. The van der Waals surface area contributed by atoms with Crippen molar-refractivity contribution < 1.29 is 17.3 Å². The molecule has 8 nitrogen and oxygen atoms in total. The first kappa shape index (κ1) is 18.5. The summed E-state index contributed by atoms with van der Waals surface area (Å²) < 4.78 is 46.5. The van der Waals surface area contributed by atoms with Crippen LogP contribution in [0.5, 0.6) is 0 Å². The van der Waals surface area contributed by atoms with Gasteiger partial charge < -0.3 is 15.5 Å². The van der Waals surface area contributed by atoms with Crippen LogP contribution >= 0.6 is 11.6 Å². The molecule has 0 radical (unpaired) electrons. The number of carbonyl (C=O) groups is 1. The van der Waals surface area contributed by atoms with E-state index in [1.54, 1.807) is 12.1 Å². The lowest BCUT2D eigenvalue weighted by Crippen LogP contribution is -2.31. The predicted octanol–water partition coefficient (Wildman–Crippen LogP) is 2.67. The van der Waals surface area contributed by atoms with Crippen LogP contribution in [0.4, 0.5) is 11.4 Å². The molecule has 1 saturated heterocycles. The number of likely N-dealkylation sites (tertiary alicyclic amines) is 1. The maximum absolute atomic E-state index is 12.4. The molecule has 30 heavy (non-hydrogen) atoms. The molecule has 0 saturated carbocycles. The molecule has 2 heterocycles. The topological polar surface area (TPSA) is 104 Å². The Kier molecular flexibility index (Phi) is 6.00. The van der Waals surface area contributed by atoms with Gasteiger partial charge in [0.25, 0.3) is 5.91 Å². The molecule has 1 amide bonds. The Morgan fingerprint density at radius 3 is 2.67 bits per heavy atom. The van der Waals surface area contributed by atoms with E-state index in [2.05, 4.69) is 20.4 Å². The number of carbonyl (C=O) groups excluding carboxylic acids is 1. The van der Waals surface area contributed by atoms with E-state index >= 15 is 0 Å². The van der Waals surface area contributed by atoms with Crippen LogP contribution < -0.4 is 10.6 Å². The van der Waals surface area contributed by atoms with Gasteiger partial charge in [-0.25, -0.2) is 8.42 Å². The van der Waals surface area contributed by atoms with Crippen molar-refractivity contribution in [3.8, 4) is 0 Å². The number of benzene rings is 1. The van der Waals surface area contributed by atoms with Crippen molar-refractivity contribution >= 4 is 38.7 Å². The Morgan fingerprint density at radius 1 is 1.20 bits per heavy atom. The third-order valence-electron chi connectivity index (χ3n) is 4.97. The molecule has 0 aliphatic carbocycles. The fraction of sp³-hybridized carbons (Fsp3) is 0.450. The van der Waals surface area contributed by atoms with Gasteiger partial charge in [-0.1, -0.05) is 24.1 Å². The standard InChI is InChI=1S/C20H26ClN5O3S/c1-22-20(27)19-16(13-18(21)24-25-19)23-15-12-14(6-7-17(15)30(2,28)29)8-11-26-9-4-3-5-10-26/h6-7,12-13H,3-5,8-11H2,1-2H3,(H,22,27)(H,23,24)/i1D3. The first-order chi connectivity index (χ1) is 15.4. The van der Waals surface area contributed by atoms with Crippen LogP contribution in [0.2, 0.25) is 5.15 Å². The molecule has 0 unspecified atom stereocenters. The number of nitrogens with zero attached hydrogens (tertiary/aromatic N) is 3. The number of nitrogens with one attached hydrogen (secondary N) is 2. The van der Waals surface area contributed by atoms with E-state index in [9.17, 15) is 13.2 Å². The normalized spacial score (nSPS) is 16.9. The third kappa shape index (κ3) is 5.68. The van der Waals surface area contributed by atoms with Gasteiger partial charge in [0.05, 0.1) is 16.3 Å². The highest BCUT2D eigenvalue weighted by atomic mass is 35.5. The number of piperidine rings is 1. The zero-order chi connectivity index (χ0) is 24.2. The summed E-state index contributed by atoms with van der Waals surface area (Å²) in [6, 6.07) is 6.28. The lowest BCUT2D eigenvalue weighted by molar-refractivity contribution is 0.0958. The van der Waals surface area contributed by atoms with Gasteiger partial charge in [0.2, 0.25) is 0 Å². The maximum atomic E-state index is 12.4. The van der Waals surface area contributed by atoms with Gasteiger partial charge in [-0.05, 0) is 50.0 Å². The molecule has 10 heteroatoms. The number of hydrogen-bond acceptors (Lipinski definition) is 7.